The molecule has 1 amide bonds. The summed E-state index contributed by atoms with van der Waals surface area (Å²) >= 11 is 0. The molecule has 4 heteroatoms. The molecular weight excluding hydrogens is 494 g/mol. The lowest BCUT2D eigenvalue weighted by atomic mass is 9.83. The summed E-state index contributed by atoms with van der Waals surface area (Å²) in [5.41, 5.74) is 5.23. The van der Waals surface area contributed by atoms with E-state index in [1.807, 2.05) is 36.4 Å². The molecule has 3 aromatic carbocycles. The zero-order chi connectivity index (χ0) is 28.1. The number of aliphatic hydroxyl groups is 1. The SMILES string of the molecule is CC(C)(C)c1ccc(CCCC(O)CC2CCCCC2)cc1NC(=O)CC1c2ccccc2Oc2ccccc21. The van der Waals surface area contributed by atoms with Gasteiger partial charge >= 0.3 is 0 Å². The Balaban J connectivity index is 1.27. The number of benzene rings is 3. The number of nitrogens with one attached hydrogen (secondary N) is 1. The van der Waals surface area contributed by atoms with Crippen LogP contribution >= 0.6 is 0 Å². The van der Waals surface area contributed by atoms with E-state index in [0.717, 1.165) is 59.6 Å². The predicted molar refractivity (Wildman–Crippen MR) is 163 cm³/mol. The Labute approximate surface area is 240 Å². The van der Waals surface area contributed by atoms with Crippen LogP contribution in [0.5, 0.6) is 11.5 Å². The van der Waals surface area contributed by atoms with Gasteiger partial charge in [0.15, 0.2) is 0 Å². The zero-order valence-corrected chi connectivity index (χ0v) is 24.4. The minimum atomic E-state index is -0.207. The summed E-state index contributed by atoms with van der Waals surface area (Å²) in [6.45, 7) is 6.55. The van der Waals surface area contributed by atoms with Gasteiger partial charge in [-0.1, -0.05) is 101 Å². The van der Waals surface area contributed by atoms with E-state index in [0.29, 0.717) is 12.3 Å². The molecule has 1 unspecified atom stereocenters. The molecule has 1 aliphatic carbocycles. The Hall–Kier alpha value is -3.11. The number of amides is 1. The second-order valence-electron chi connectivity index (χ2n) is 12.9. The Kier molecular flexibility index (Phi) is 8.95. The van der Waals surface area contributed by atoms with Crippen molar-refractivity contribution in [3.8, 4) is 11.5 Å². The minimum absolute atomic E-state index is 0.00191. The van der Waals surface area contributed by atoms with Gasteiger partial charge in [-0.05, 0) is 66.3 Å². The highest BCUT2D eigenvalue weighted by Gasteiger charge is 2.29. The van der Waals surface area contributed by atoms with Crippen LogP contribution in [0.25, 0.3) is 0 Å². The van der Waals surface area contributed by atoms with Crippen molar-refractivity contribution in [1.82, 2.24) is 0 Å². The number of aliphatic hydroxyl groups excluding tert-OH is 1. The average Bonchev–Trinajstić information content (AvgIpc) is 2.93. The van der Waals surface area contributed by atoms with Gasteiger partial charge < -0.3 is 15.2 Å². The van der Waals surface area contributed by atoms with Gasteiger partial charge in [-0.2, -0.15) is 0 Å². The lowest BCUT2D eigenvalue weighted by Gasteiger charge is -2.28. The first-order chi connectivity index (χ1) is 19.3. The van der Waals surface area contributed by atoms with Gasteiger partial charge in [0.25, 0.3) is 0 Å². The van der Waals surface area contributed by atoms with Crippen LogP contribution in [0.1, 0.15) is 107 Å². The molecule has 40 heavy (non-hydrogen) atoms. The lowest BCUT2D eigenvalue weighted by molar-refractivity contribution is -0.116. The van der Waals surface area contributed by atoms with E-state index >= 15 is 0 Å². The fourth-order valence-corrected chi connectivity index (χ4v) is 6.59. The van der Waals surface area contributed by atoms with Crippen LogP contribution in [0.4, 0.5) is 5.69 Å². The molecule has 212 valence electrons. The topological polar surface area (TPSA) is 58.6 Å². The molecule has 2 aliphatic rings. The number of para-hydroxylation sites is 2. The first-order valence-electron chi connectivity index (χ1n) is 15.2. The summed E-state index contributed by atoms with van der Waals surface area (Å²) in [6, 6.07) is 22.5. The normalized spacial score (nSPS) is 16.5. The highest BCUT2D eigenvalue weighted by Crippen LogP contribution is 2.45. The Bertz CT molecular complexity index is 1260. The second kappa shape index (κ2) is 12.6. The van der Waals surface area contributed by atoms with Crippen LogP contribution in [-0.2, 0) is 16.6 Å². The molecule has 4 nitrogen and oxygen atoms in total. The summed E-state index contributed by atoms with van der Waals surface area (Å²) in [7, 11) is 0. The summed E-state index contributed by atoms with van der Waals surface area (Å²) in [5.74, 6) is 2.28. The Morgan fingerprint density at radius 3 is 2.25 bits per heavy atom. The summed E-state index contributed by atoms with van der Waals surface area (Å²) in [5, 5.41) is 13.9. The molecule has 5 rings (SSSR count). The third-order valence-corrected chi connectivity index (χ3v) is 8.70. The van der Waals surface area contributed by atoms with E-state index in [4.69, 9.17) is 4.74 Å². The van der Waals surface area contributed by atoms with Crippen molar-refractivity contribution in [2.45, 2.75) is 102 Å². The van der Waals surface area contributed by atoms with Gasteiger partial charge in [0, 0.05) is 29.2 Å². The largest absolute Gasteiger partial charge is 0.457 e. The molecule has 0 aromatic heterocycles. The average molecular weight is 540 g/mol. The van der Waals surface area contributed by atoms with Gasteiger partial charge in [-0.3, -0.25) is 4.79 Å². The van der Waals surface area contributed by atoms with E-state index in [2.05, 4.69) is 56.4 Å². The molecule has 2 N–H and O–H groups in total. The van der Waals surface area contributed by atoms with E-state index < -0.39 is 0 Å². The van der Waals surface area contributed by atoms with E-state index in [1.165, 1.54) is 37.7 Å². The number of hydrogen-bond acceptors (Lipinski definition) is 3. The van der Waals surface area contributed by atoms with E-state index in [1.54, 1.807) is 0 Å². The van der Waals surface area contributed by atoms with Crippen molar-refractivity contribution in [3.05, 3.63) is 89.0 Å². The number of aryl methyl sites for hydroxylation is 1. The number of ether oxygens (including phenoxy) is 1. The van der Waals surface area contributed by atoms with Gasteiger partial charge in [-0.15, -0.1) is 0 Å². The van der Waals surface area contributed by atoms with Gasteiger partial charge in [0.1, 0.15) is 11.5 Å². The van der Waals surface area contributed by atoms with Crippen LogP contribution in [0.2, 0.25) is 0 Å². The summed E-state index contributed by atoms with van der Waals surface area (Å²) in [6.07, 6.45) is 10.3. The van der Waals surface area contributed by atoms with Crippen LogP contribution in [0, 0.1) is 5.92 Å². The van der Waals surface area contributed by atoms with Gasteiger partial charge in [0.2, 0.25) is 5.91 Å². The van der Waals surface area contributed by atoms with Crippen molar-refractivity contribution in [2.24, 2.45) is 5.92 Å². The molecule has 1 fully saturated rings. The maximum Gasteiger partial charge on any atom is 0.225 e. The number of hydrogen-bond donors (Lipinski definition) is 2. The van der Waals surface area contributed by atoms with Gasteiger partial charge in [-0.25, -0.2) is 0 Å². The zero-order valence-electron chi connectivity index (χ0n) is 24.4. The van der Waals surface area contributed by atoms with E-state index in [-0.39, 0.29) is 23.3 Å². The molecule has 1 heterocycles. The first-order valence-corrected chi connectivity index (χ1v) is 15.2. The number of carbonyl (C=O) groups excluding carboxylic acids is 1. The quantitative estimate of drug-likeness (QED) is 0.285. The molecule has 0 radical (unpaired) electrons. The molecule has 1 saturated carbocycles. The number of anilines is 1. The van der Waals surface area contributed by atoms with Crippen LogP contribution < -0.4 is 10.1 Å². The predicted octanol–water partition coefficient (Wildman–Crippen LogP) is 8.90. The van der Waals surface area contributed by atoms with Crippen molar-refractivity contribution in [2.75, 3.05) is 5.32 Å². The fourth-order valence-electron chi connectivity index (χ4n) is 6.59. The van der Waals surface area contributed by atoms with Crippen LogP contribution in [0.15, 0.2) is 66.7 Å². The fraction of sp³-hybridized carbons (Fsp3) is 0.472. The highest BCUT2D eigenvalue weighted by molar-refractivity contribution is 5.93. The molecule has 0 spiro atoms. The first kappa shape index (κ1) is 28.4. The third kappa shape index (κ3) is 6.96. The summed E-state index contributed by atoms with van der Waals surface area (Å²) < 4.78 is 6.13. The van der Waals surface area contributed by atoms with Crippen molar-refractivity contribution < 1.29 is 14.6 Å². The Morgan fingerprint density at radius 1 is 0.950 bits per heavy atom. The standard InChI is InChI=1S/C36H45NO3/c1-36(2,3)31-21-20-26(14-11-15-27(38)22-25-12-5-4-6-13-25)23-32(31)37-35(39)24-30-28-16-7-9-18-33(28)40-34-19-10-8-17-29(30)34/h7-10,16-21,23,25,27,30,38H,4-6,11-15,22,24H2,1-3H3,(H,37,39). The number of carbonyl (C=O) groups is 1. The molecule has 0 bridgehead atoms. The molecular formula is C36H45NO3. The monoisotopic (exact) mass is 539 g/mol. The second-order valence-corrected chi connectivity index (χ2v) is 12.9. The van der Waals surface area contributed by atoms with Crippen LogP contribution in [0.3, 0.4) is 0 Å². The van der Waals surface area contributed by atoms with Gasteiger partial charge in [0.05, 0.1) is 6.10 Å². The third-order valence-electron chi connectivity index (χ3n) is 8.70. The lowest BCUT2D eigenvalue weighted by Crippen LogP contribution is -2.22. The van der Waals surface area contributed by atoms with Crippen molar-refractivity contribution >= 4 is 11.6 Å². The molecule has 3 aromatic rings. The number of rotatable bonds is 9. The van der Waals surface area contributed by atoms with Crippen molar-refractivity contribution in [3.63, 3.8) is 0 Å². The molecule has 1 atom stereocenters. The van der Waals surface area contributed by atoms with Crippen LogP contribution in [-0.4, -0.2) is 17.1 Å². The van der Waals surface area contributed by atoms with Crippen molar-refractivity contribution in [1.29, 1.82) is 0 Å². The van der Waals surface area contributed by atoms with E-state index in [9.17, 15) is 9.90 Å². The Morgan fingerprint density at radius 2 is 1.60 bits per heavy atom. The maximum atomic E-state index is 13.6. The molecule has 0 saturated heterocycles. The maximum absolute atomic E-state index is 13.6. The smallest absolute Gasteiger partial charge is 0.225 e. The summed E-state index contributed by atoms with van der Waals surface area (Å²) in [4.78, 5) is 13.6. The minimum Gasteiger partial charge on any atom is -0.457 e. The highest BCUT2D eigenvalue weighted by atomic mass is 16.5. The number of fused-ring (bicyclic) bond motifs is 2. The molecule has 1 aliphatic heterocycles.